The Morgan fingerprint density at radius 2 is 2.50 bits per heavy atom. The van der Waals surface area contributed by atoms with E-state index in [-0.39, 0.29) is 0 Å². The molecule has 12 heavy (non-hydrogen) atoms. The Kier molecular flexibility index (Phi) is 2.41. The minimum atomic E-state index is 0.656. The molecule has 0 saturated carbocycles. The summed E-state index contributed by atoms with van der Waals surface area (Å²) in [5.74, 6) is 1.71. The molecule has 5 heteroatoms. The lowest BCUT2D eigenvalue weighted by Gasteiger charge is -2.02. The molecule has 2 rings (SSSR count). The second-order valence-electron chi connectivity index (χ2n) is 3.11. The molecule has 1 aromatic rings. The molecular weight excluding hydrogens is 220 g/mol. The lowest BCUT2D eigenvalue weighted by atomic mass is 10.1. The first kappa shape index (κ1) is 8.19. The largest absolute Gasteiger partial charge is 0.316 e. The van der Waals surface area contributed by atoms with Gasteiger partial charge < -0.3 is 5.32 Å². The highest BCUT2D eigenvalue weighted by Gasteiger charge is 2.16. The van der Waals surface area contributed by atoms with Crippen LogP contribution in [0.2, 0.25) is 0 Å². The van der Waals surface area contributed by atoms with E-state index < -0.39 is 0 Å². The third-order valence-electron chi connectivity index (χ3n) is 2.15. The second-order valence-corrected chi connectivity index (χ2v) is 3.82. The molecule has 1 fully saturated rings. The minimum absolute atomic E-state index is 0.656. The topological polar surface area (TPSA) is 53.6 Å². The van der Waals surface area contributed by atoms with Crippen molar-refractivity contribution in [3.05, 3.63) is 10.6 Å². The lowest BCUT2D eigenvalue weighted by Crippen LogP contribution is -2.11. The summed E-state index contributed by atoms with van der Waals surface area (Å²) in [5.41, 5.74) is 0. The zero-order valence-electron chi connectivity index (χ0n) is 6.68. The second kappa shape index (κ2) is 3.53. The summed E-state index contributed by atoms with van der Waals surface area (Å²) < 4.78 is 0.656. The zero-order chi connectivity index (χ0) is 8.39. The lowest BCUT2D eigenvalue weighted by molar-refractivity contribution is 0.562. The van der Waals surface area contributed by atoms with E-state index in [1.165, 1.54) is 6.42 Å². The molecule has 1 aromatic heterocycles. The molecule has 0 bridgehead atoms. The zero-order valence-corrected chi connectivity index (χ0v) is 8.26. The number of nitrogens with one attached hydrogen (secondary N) is 2. The first-order valence-corrected chi connectivity index (χ1v) is 4.91. The first-order valence-electron chi connectivity index (χ1n) is 4.12. The molecule has 1 saturated heterocycles. The van der Waals surface area contributed by atoms with Gasteiger partial charge in [0.25, 0.3) is 0 Å². The smallest absolute Gasteiger partial charge is 0.217 e. The van der Waals surface area contributed by atoms with Crippen LogP contribution in [0.25, 0.3) is 0 Å². The normalized spacial score (nSPS) is 23.2. The number of aromatic amines is 1. The van der Waals surface area contributed by atoms with E-state index in [2.05, 4.69) is 36.4 Å². The van der Waals surface area contributed by atoms with Gasteiger partial charge in [-0.3, -0.25) is 5.10 Å². The van der Waals surface area contributed by atoms with Gasteiger partial charge in [-0.05, 0) is 41.4 Å². The summed E-state index contributed by atoms with van der Waals surface area (Å²) in [6.45, 7) is 2.25. The molecule has 1 atom stereocenters. The molecule has 0 amide bonds. The Morgan fingerprint density at radius 1 is 1.58 bits per heavy atom. The Bertz CT molecular complexity index is 254. The standard InChI is InChI=1S/C7H11BrN4/c8-7-10-6(11-12-7)3-5-1-2-9-4-5/h5,9H,1-4H2,(H,10,11,12). The van der Waals surface area contributed by atoms with Crippen molar-refractivity contribution in [1.82, 2.24) is 20.5 Å². The fraction of sp³-hybridized carbons (Fsp3) is 0.714. The van der Waals surface area contributed by atoms with Gasteiger partial charge in [0.05, 0.1) is 0 Å². The van der Waals surface area contributed by atoms with Crippen LogP contribution < -0.4 is 5.32 Å². The van der Waals surface area contributed by atoms with E-state index in [0.29, 0.717) is 4.73 Å². The van der Waals surface area contributed by atoms with E-state index in [0.717, 1.165) is 31.3 Å². The Balaban J connectivity index is 1.94. The van der Waals surface area contributed by atoms with E-state index in [1.807, 2.05) is 0 Å². The van der Waals surface area contributed by atoms with Gasteiger partial charge in [0.1, 0.15) is 5.82 Å². The summed E-state index contributed by atoms with van der Waals surface area (Å²) in [6.07, 6.45) is 2.25. The summed E-state index contributed by atoms with van der Waals surface area (Å²) in [6, 6.07) is 0. The van der Waals surface area contributed by atoms with Gasteiger partial charge in [-0.1, -0.05) is 0 Å². The molecule has 1 aliphatic heterocycles. The van der Waals surface area contributed by atoms with Crippen LogP contribution in [-0.4, -0.2) is 28.3 Å². The van der Waals surface area contributed by atoms with Crippen molar-refractivity contribution in [3.8, 4) is 0 Å². The summed E-state index contributed by atoms with van der Waals surface area (Å²) in [7, 11) is 0. The van der Waals surface area contributed by atoms with Crippen LogP contribution in [0.5, 0.6) is 0 Å². The van der Waals surface area contributed by atoms with Gasteiger partial charge in [-0.2, -0.15) is 0 Å². The highest BCUT2D eigenvalue weighted by molar-refractivity contribution is 9.10. The van der Waals surface area contributed by atoms with Crippen molar-refractivity contribution in [2.24, 2.45) is 5.92 Å². The van der Waals surface area contributed by atoms with Crippen LogP contribution >= 0.6 is 15.9 Å². The maximum atomic E-state index is 4.20. The molecular formula is C7H11BrN4. The third-order valence-corrected chi connectivity index (χ3v) is 2.50. The molecule has 1 aliphatic rings. The number of H-pyrrole nitrogens is 1. The monoisotopic (exact) mass is 230 g/mol. The number of rotatable bonds is 2. The number of hydrogen-bond donors (Lipinski definition) is 2. The average Bonchev–Trinajstić information content (AvgIpc) is 2.63. The van der Waals surface area contributed by atoms with Crippen molar-refractivity contribution in [3.63, 3.8) is 0 Å². The Morgan fingerprint density at radius 3 is 3.08 bits per heavy atom. The molecule has 0 radical (unpaired) electrons. The highest BCUT2D eigenvalue weighted by Crippen LogP contribution is 2.13. The molecule has 0 aromatic carbocycles. The Hall–Kier alpha value is -0.420. The maximum Gasteiger partial charge on any atom is 0.217 e. The van der Waals surface area contributed by atoms with Crippen LogP contribution in [0.4, 0.5) is 0 Å². The predicted molar refractivity (Wildman–Crippen MR) is 48.8 cm³/mol. The predicted octanol–water partition coefficient (Wildman–Crippen LogP) is 0.719. The van der Waals surface area contributed by atoms with Gasteiger partial charge in [0, 0.05) is 6.42 Å². The third kappa shape index (κ3) is 1.84. The van der Waals surface area contributed by atoms with Crippen LogP contribution in [0.15, 0.2) is 4.73 Å². The molecule has 0 aliphatic carbocycles. The van der Waals surface area contributed by atoms with Crippen molar-refractivity contribution in [2.45, 2.75) is 12.8 Å². The molecule has 0 spiro atoms. The van der Waals surface area contributed by atoms with E-state index in [9.17, 15) is 0 Å². The fourth-order valence-corrected chi connectivity index (χ4v) is 1.83. The highest BCUT2D eigenvalue weighted by atomic mass is 79.9. The fourth-order valence-electron chi connectivity index (χ4n) is 1.53. The van der Waals surface area contributed by atoms with Gasteiger partial charge in [-0.15, -0.1) is 5.10 Å². The van der Waals surface area contributed by atoms with Gasteiger partial charge in [0.15, 0.2) is 0 Å². The molecule has 2 heterocycles. The maximum absolute atomic E-state index is 4.20. The van der Waals surface area contributed by atoms with Gasteiger partial charge in [-0.25, -0.2) is 4.98 Å². The van der Waals surface area contributed by atoms with Crippen LogP contribution in [0, 0.1) is 5.92 Å². The number of aromatic nitrogens is 3. The van der Waals surface area contributed by atoms with Crippen LogP contribution in [-0.2, 0) is 6.42 Å². The van der Waals surface area contributed by atoms with Gasteiger partial charge >= 0.3 is 0 Å². The Labute approximate surface area is 79.3 Å². The molecule has 4 nitrogen and oxygen atoms in total. The van der Waals surface area contributed by atoms with Crippen LogP contribution in [0.1, 0.15) is 12.2 Å². The number of nitrogens with zero attached hydrogens (tertiary/aromatic N) is 2. The van der Waals surface area contributed by atoms with E-state index in [1.54, 1.807) is 0 Å². The summed E-state index contributed by atoms with van der Waals surface area (Å²) in [4.78, 5) is 4.20. The number of halogens is 1. The van der Waals surface area contributed by atoms with Crippen molar-refractivity contribution in [1.29, 1.82) is 0 Å². The van der Waals surface area contributed by atoms with Crippen molar-refractivity contribution >= 4 is 15.9 Å². The average molecular weight is 231 g/mol. The van der Waals surface area contributed by atoms with Crippen molar-refractivity contribution < 1.29 is 0 Å². The SMILES string of the molecule is Brc1n[nH]c(CC2CCNC2)n1. The minimum Gasteiger partial charge on any atom is -0.316 e. The summed E-state index contributed by atoms with van der Waals surface area (Å²) in [5, 5.41) is 10.1. The molecule has 1 unspecified atom stereocenters. The van der Waals surface area contributed by atoms with Gasteiger partial charge in [0.2, 0.25) is 4.73 Å². The molecule has 66 valence electrons. The molecule has 2 N–H and O–H groups in total. The quantitative estimate of drug-likeness (QED) is 0.788. The van der Waals surface area contributed by atoms with Crippen LogP contribution in [0.3, 0.4) is 0 Å². The van der Waals surface area contributed by atoms with E-state index in [4.69, 9.17) is 0 Å². The number of hydrogen-bond acceptors (Lipinski definition) is 3. The van der Waals surface area contributed by atoms with Crippen molar-refractivity contribution in [2.75, 3.05) is 13.1 Å². The summed E-state index contributed by atoms with van der Waals surface area (Å²) >= 11 is 3.21. The first-order chi connectivity index (χ1) is 5.84. The van der Waals surface area contributed by atoms with E-state index >= 15 is 0 Å².